The third-order valence-electron chi connectivity index (χ3n) is 3.02. The van der Waals surface area contributed by atoms with Crippen LogP contribution in [-0.2, 0) is 6.42 Å². The molecule has 0 amide bonds. The van der Waals surface area contributed by atoms with Gasteiger partial charge in [-0.15, -0.1) is 0 Å². The van der Waals surface area contributed by atoms with Gasteiger partial charge in [0.1, 0.15) is 0 Å². The molecule has 0 aliphatic heterocycles. The number of halogens is 1. The Bertz CT molecular complexity index is 290. The van der Waals surface area contributed by atoms with Gasteiger partial charge in [0, 0.05) is 30.8 Å². The molecule has 0 spiro atoms. The summed E-state index contributed by atoms with van der Waals surface area (Å²) < 4.78 is 0. The smallest absolute Gasteiger partial charge is 0.0270 e. The van der Waals surface area contributed by atoms with Crippen LogP contribution in [0.25, 0.3) is 0 Å². The molecule has 1 aromatic heterocycles. The van der Waals surface area contributed by atoms with Crippen LogP contribution in [0, 0.1) is 5.92 Å². The SMILES string of the molecule is CCCC(CBr)CN(C)CCc1ccncc1. The van der Waals surface area contributed by atoms with E-state index in [1.807, 2.05) is 12.4 Å². The van der Waals surface area contributed by atoms with Crippen molar-refractivity contribution in [1.29, 1.82) is 0 Å². The molecule has 1 aromatic rings. The van der Waals surface area contributed by atoms with Gasteiger partial charge in [0.25, 0.3) is 0 Å². The summed E-state index contributed by atoms with van der Waals surface area (Å²) in [7, 11) is 2.21. The van der Waals surface area contributed by atoms with Crippen LogP contribution in [-0.4, -0.2) is 35.4 Å². The monoisotopic (exact) mass is 298 g/mol. The summed E-state index contributed by atoms with van der Waals surface area (Å²) in [5.74, 6) is 0.780. The van der Waals surface area contributed by atoms with Gasteiger partial charge in [-0.3, -0.25) is 4.98 Å². The van der Waals surface area contributed by atoms with Crippen molar-refractivity contribution in [1.82, 2.24) is 9.88 Å². The second kappa shape index (κ2) is 8.65. The van der Waals surface area contributed by atoms with Gasteiger partial charge in [0.2, 0.25) is 0 Å². The van der Waals surface area contributed by atoms with Crippen molar-refractivity contribution in [2.75, 3.05) is 25.5 Å². The number of nitrogens with zero attached hydrogens (tertiary/aromatic N) is 2. The normalized spacial score (nSPS) is 12.9. The predicted molar refractivity (Wildman–Crippen MR) is 77.6 cm³/mol. The van der Waals surface area contributed by atoms with Gasteiger partial charge >= 0.3 is 0 Å². The van der Waals surface area contributed by atoms with Gasteiger partial charge in [-0.1, -0.05) is 29.3 Å². The van der Waals surface area contributed by atoms with Gasteiger partial charge in [0.05, 0.1) is 0 Å². The molecule has 0 radical (unpaired) electrons. The van der Waals surface area contributed by atoms with Crippen molar-refractivity contribution in [3.8, 4) is 0 Å². The number of hydrogen-bond donors (Lipinski definition) is 0. The molecule has 96 valence electrons. The fraction of sp³-hybridized carbons (Fsp3) is 0.643. The quantitative estimate of drug-likeness (QED) is 0.684. The molecule has 1 rings (SSSR count). The van der Waals surface area contributed by atoms with Gasteiger partial charge in [0.15, 0.2) is 0 Å². The Morgan fingerprint density at radius 3 is 2.65 bits per heavy atom. The van der Waals surface area contributed by atoms with E-state index in [1.54, 1.807) is 0 Å². The molecule has 0 bridgehead atoms. The highest BCUT2D eigenvalue weighted by Gasteiger charge is 2.09. The van der Waals surface area contributed by atoms with E-state index in [2.05, 4.69) is 51.9 Å². The highest BCUT2D eigenvalue weighted by Crippen LogP contribution is 2.11. The molecule has 0 saturated carbocycles. The van der Waals surface area contributed by atoms with Gasteiger partial charge in [-0.2, -0.15) is 0 Å². The maximum Gasteiger partial charge on any atom is 0.0270 e. The Morgan fingerprint density at radius 1 is 1.35 bits per heavy atom. The Hall–Kier alpha value is -0.410. The van der Waals surface area contributed by atoms with Crippen LogP contribution in [0.1, 0.15) is 25.3 Å². The first-order valence-corrected chi connectivity index (χ1v) is 7.51. The minimum Gasteiger partial charge on any atom is -0.306 e. The number of rotatable bonds is 8. The topological polar surface area (TPSA) is 16.1 Å². The van der Waals surface area contributed by atoms with E-state index in [1.165, 1.54) is 24.9 Å². The van der Waals surface area contributed by atoms with E-state index in [9.17, 15) is 0 Å². The van der Waals surface area contributed by atoms with Gasteiger partial charge in [-0.25, -0.2) is 0 Å². The zero-order chi connectivity index (χ0) is 12.5. The van der Waals surface area contributed by atoms with Crippen LogP contribution in [0.3, 0.4) is 0 Å². The predicted octanol–water partition coefficient (Wildman–Crippen LogP) is 3.37. The lowest BCUT2D eigenvalue weighted by Gasteiger charge is -2.22. The number of likely N-dealkylation sites (N-methyl/N-ethyl adjacent to an activating group) is 1. The maximum absolute atomic E-state index is 4.04. The fourth-order valence-corrected chi connectivity index (χ4v) is 2.56. The first kappa shape index (κ1) is 14.7. The van der Waals surface area contributed by atoms with Crippen LogP contribution in [0.2, 0.25) is 0 Å². The molecule has 1 unspecified atom stereocenters. The third-order valence-corrected chi connectivity index (χ3v) is 3.93. The highest BCUT2D eigenvalue weighted by atomic mass is 79.9. The zero-order valence-corrected chi connectivity index (χ0v) is 12.5. The Labute approximate surface area is 114 Å². The van der Waals surface area contributed by atoms with Crippen molar-refractivity contribution in [3.63, 3.8) is 0 Å². The second-order valence-electron chi connectivity index (χ2n) is 4.68. The summed E-state index contributed by atoms with van der Waals surface area (Å²) in [5, 5.41) is 1.11. The number of alkyl halides is 1. The average molecular weight is 299 g/mol. The molecule has 0 aromatic carbocycles. The lowest BCUT2D eigenvalue weighted by molar-refractivity contribution is 0.283. The lowest BCUT2D eigenvalue weighted by Crippen LogP contribution is -2.28. The Kier molecular flexibility index (Phi) is 7.45. The maximum atomic E-state index is 4.04. The van der Waals surface area contributed by atoms with E-state index in [0.717, 1.165) is 24.2 Å². The lowest BCUT2D eigenvalue weighted by atomic mass is 10.1. The molecule has 17 heavy (non-hydrogen) atoms. The van der Waals surface area contributed by atoms with Crippen LogP contribution in [0.5, 0.6) is 0 Å². The summed E-state index contributed by atoms with van der Waals surface area (Å²) in [4.78, 5) is 6.47. The molecule has 2 nitrogen and oxygen atoms in total. The third kappa shape index (κ3) is 6.18. The van der Waals surface area contributed by atoms with Gasteiger partial charge in [-0.05, 0) is 43.5 Å². The largest absolute Gasteiger partial charge is 0.306 e. The van der Waals surface area contributed by atoms with E-state index >= 15 is 0 Å². The summed E-state index contributed by atoms with van der Waals surface area (Å²) in [6.45, 7) is 4.56. The van der Waals surface area contributed by atoms with Crippen LogP contribution in [0.15, 0.2) is 24.5 Å². The number of hydrogen-bond acceptors (Lipinski definition) is 2. The Balaban J connectivity index is 2.27. The molecule has 0 aliphatic rings. The second-order valence-corrected chi connectivity index (χ2v) is 5.32. The molecule has 0 aliphatic carbocycles. The molecular weight excluding hydrogens is 276 g/mol. The van der Waals surface area contributed by atoms with Crippen LogP contribution >= 0.6 is 15.9 Å². The summed E-state index contributed by atoms with van der Waals surface area (Å²) in [5.41, 5.74) is 1.37. The zero-order valence-electron chi connectivity index (χ0n) is 10.9. The highest BCUT2D eigenvalue weighted by molar-refractivity contribution is 9.09. The molecule has 0 N–H and O–H groups in total. The van der Waals surface area contributed by atoms with Crippen molar-refractivity contribution < 1.29 is 0 Å². The standard InChI is InChI=1S/C14H23BrN2/c1-3-4-14(11-15)12-17(2)10-7-13-5-8-16-9-6-13/h5-6,8-9,14H,3-4,7,10-12H2,1-2H3. The van der Waals surface area contributed by atoms with E-state index in [0.29, 0.717) is 0 Å². The summed E-state index contributed by atoms with van der Waals surface area (Å²) >= 11 is 3.61. The molecule has 1 heterocycles. The molecule has 3 heteroatoms. The van der Waals surface area contributed by atoms with Crippen molar-refractivity contribution in [3.05, 3.63) is 30.1 Å². The van der Waals surface area contributed by atoms with Crippen molar-refractivity contribution in [2.45, 2.75) is 26.2 Å². The minimum atomic E-state index is 0.780. The molecular formula is C14H23BrN2. The van der Waals surface area contributed by atoms with E-state index in [4.69, 9.17) is 0 Å². The number of aromatic nitrogens is 1. The van der Waals surface area contributed by atoms with Crippen LogP contribution < -0.4 is 0 Å². The average Bonchev–Trinajstić information content (AvgIpc) is 2.37. The number of pyridine rings is 1. The van der Waals surface area contributed by atoms with Crippen molar-refractivity contribution in [2.24, 2.45) is 5.92 Å². The first-order valence-electron chi connectivity index (χ1n) is 6.39. The minimum absolute atomic E-state index is 0.780. The molecule has 0 fully saturated rings. The van der Waals surface area contributed by atoms with E-state index in [-0.39, 0.29) is 0 Å². The summed E-state index contributed by atoms with van der Waals surface area (Å²) in [6.07, 6.45) is 7.43. The Morgan fingerprint density at radius 2 is 2.06 bits per heavy atom. The molecule has 1 atom stereocenters. The van der Waals surface area contributed by atoms with Crippen molar-refractivity contribution >= 4 is 15.9 Å². The van der Waals surface area contributed by atoms with Crippen LogP contribution in [0.4, 0.5) is 0 Å². The van der Waals surface area contributed by atoms with E-state index < -0.39 is 0 Å². The first-order chi connectivity index (χ1) is 8.26. The summed E-state index contributed by atoms with van der Waals surface area (Å²) in [6, 6.07) is 4.20. The molecule has 0 saturated heterocycles. The fourth-order valence-electron chi connectivity index (χ4n) is 2.03. The van der Waals surface area contributed by atoms with Gasteiger partial charge < -0.3 is 4.90 Å².